The molecule has 1 aromatic rings. The average Bonchev–Trinajstić information content (AvgIpc) is 3.06. The van der Waals surface area contributed by atoms with Gasteiger partial charge in [0.1, 0.15) is 12.2 Å². The molecule has 1 fully saturated rings. The fourth-order valence-electron chi connectivity index (χ4n) is 2.21. The highest BCUT2D eigenvalue weighted by atomic mass is 19.1. The van der Waals surface area contributed by atoms with Crippen LogP contribution in [0.1, 0.15) is 16.7 Å². The van der Waals surface area contributed by atoms with Gasteiger partial charge in [0.15, 0.2) is 29.7 Å². The first kappa shape index (κ1) is 17.5. The van der Waals surface area contributed by atoms with Crippen LogP contribution in [0.4, 0.5) is 10.2 Å². The van der Waals surface area contributed by atoms with Crippen molar-refractivity contribution in [1.82, 2.24) is 14.5 Å². The minimum atomic E-state index is -1.80. The first-order valence-corrected chi connectivity index (χ1v) is 6.99. The number of rotatable bonds is 6. The third kappa shape index (κ3) is 3.39. The van der Waals surface area contributed by atoms with E-state index in [9.17, 15) is 14.3 Å². The second-order valence-corrected chi connectivity index (χ2v) is 5.34. The summed E-state index contributed by atoms with van der Waals surface area (Å²) in [6, 6.07) is 0. The molecule has 0 saturated carbocycles. The predicted molar refractivity (Wildman–Crippen MR) is 79.3 cm³/mol. The number of ether oxygens (including phenoxy) is 1. The van der Waals surface area contributed by atoms with Gasteiger partial charge in [-0.2, -0.15) is 0 Å². The number of imidazole rings is 1. The summed E-state index contributed by atoms with van der Waals surface area (Å²) in [7, 11) is 3.45. The third-order valence-corrected chi connectivity index (χ3v) is 3.38. The van der Waals surface area contributed by atoms with Gasteiger partial charge in [0, 0.05) is 14.1 Å². The quantitative estimate of drug-likeness (QED) is 0.341. The van der Waals surface area contributed by atoms with E-state index in [4.69, 9.17) is 15.6 Å². The molecule has 4 atom stereocenters. The highest BCUT2D eigenvalue weighted by Crippen LogP contribution is 2.35. The summed E-state index contributed by atoms with van der Waals surface area (Å²) in [4.78, 5) is 21.5. The molecule has 0 amide bonds. The maximum absolute atomic E-state index is 14.3. The van der Waals surface area contributed by atoms with E-state index in [1.165, 1.54) is 17.2 Å². The van der Waals surface area contributed by atoms with Gasteiger partial charge < -0.3 is 25.6 Å². The summed E-state index contributed by atoms with van der Waals surface area (Å²) < 4.78 is 20.8. The Morgan fingerprint density at radius 2 is 2.35 bits per heavy atom. The van der Waals surface area contributed by atoms with Crippen LogP contribution in [0.15, 0.2) is 11.3 Å². The number of alkyl halides is 1. The standard InChI is InChI=1S/C13H20FN5O4/c1-18(2)5-17-12-10(7(21)3-15)16-6-19(12)13-9(14)11(22)8(4-20)23-13/h5-6,8-9,11,13,20,22H,3-4,15H2,1-2H3/t8-,9-,11-,13-/m1/s1. The number of carbonyl (C=O) groups is 1. The minimum Gasteiger partial charge on any atom is -0.394 e. The Balaban J connectivity index is 2.42. The number of carbonyl (C=O) groups excluding carboxylic acids is 1. The van der Waals surface area contributed by atoms with Crippen molar-refractivity contribution in [1.29, 1.82) is 0 Å². The van der Waals surface area contributed by atoms with E-state index >= 15 is 0 Å². The molecule has 1 saturated heterocycles. The zero-order chi connectivity index (χ0) is 17.1. The number of hydrogen-bond donors (Lipinski definition) is 3. The van der Waals surface area contributed by atoms with Gasteiger partial charge in [-0.15, -0.1) is 0 Å². The molecule has 23 heavy (non-hydrogen) atoms. The van der Waals surface area contributed by atoms with E-state index < -0.39 is 37.0 Å². The van der Waals surface area contributed by atoms with Crippen molar-refractivity contribution in [2.24, 2.45) is 10.7 Å². The van der Waals surface area contributed by atoms with Crippen LogP contribution in [-0.2, 0) is 4.74 Å². The van der Waals surface area contributed by atoms with Crippen LogP contribution in [0.25, 0.3) is 0 Å². The van der Waals surface area contributed by atoms with Crippen LogP contribution in [0.3, 0.4) is 0 Å². The number of aromatic nitrogens is 2. The number of aliphatic imine (C=N–C) groups is 1. The van der Waals surface area contributed by atoms with E-state index in [1.807, 2.05) is 0 Å². The number of ketones is 1. The Morgan fingerprint density at radius 1 is 1.65 bits per heavy atom. The molecule has 2 rings (SSSR count). The lowest BCUT2D eigenvalue weighted by atomic mass is 10.1. The molecule has 1 aliphatic heterocycles. The normalized spacial score (nSPS) is 27.7. The molecule has 0 radical (unpaired) electrons. The van der Waals surface area contributed by atoms with Crippen LogP contribution in [0.5, 0.6) is 0 Å². The van der Waals surface area contributed by atoms with Crippen molar-refractivity contribution in [2.45, 2.75) is 24.6 Å². The van der Waals surface area contributed by atoms with Crippen LogP contribution in [0.2, 0.25) is 0 Å². The third-order valence-electron chi connectivity index (χ3n) is 3.38. The van der Waals surface area contributed by atoms with Crippen molar-refractivity contribution in [3.63, 3.8) is 0 Å². The summed E-state index contributed by atoms with van der Waals surface area (Å²) in [5, 5.41) is 18.8. The number of halogens is 1. The van der Waals surface area contributed by atoms with Crippen molar-refractivity contribution in [2.75, 3.05) is 27.2 Å². The van der Waals surface area contributed by atoms with Crippen molar-refractivity contribution in [3.8, 4) is 0 Å². The number of aliphatic hydroxyl groups is 2. The molecule has 0 bridgehead atoms. The number of nitrogens with zero attached hydrogens (tertiary/aromatic N) is 4. The van der Waals surface area contributed by atoms with E-state index in [2.05, 4.69) is 9.98 Å². The van der Waals surface area contributed by atoms with E-state index in [1.54, 1.807) is 19.0 Å². The largest absolute Gasteiger partial charge is 0.394 e. The Hall–Kier alpha value is -1.88. The maximum atomic E-state index is 14.3. The van der Waals surface area contributed by atoms with Crippen LogP contribution < -0.4 is 5.73 Å². The molecule has 2 heterocycles. The Morgan fingerprint density at radius 3 is 2.87 bits per heavy atom. The smallest absolute Gasteiger partial charge is 0.198 e. The topological polar surface area (TPSA) is 126 Å². The van der Waals surface area contributed by atoms with Gasteiger partial charge in [0.05, 0.1) is 25.8 Å². The molecular formula is C13H20FN5O4. The number of aliphatic hydroxyl groups excluding tert-OH is 2. The molecular weight excluding hydrogens is 309 g/mol. The average molecular weight is 329 g/mol. The highest BCUT2D eigenvalue weighted by Gasteiger charge is 2.45. The van der Waals surface area contributed by atoms with Crippen LogP contribution in [-0.4, -0.2) is 82.4 Å². The number of hydrogen-bond acceptors (Lipinski definition) is 7. The summed E-state index contributed by atoms with van der Waals surface area (Å²) in [6.07, 6.45) is -2.96. The van der Waals surface area contributed by atoms with E-state index in [0.717, 1.165) is 0 Å². The van der Waals surface area contributed by atoms with Gasteiger partial charge in [-0.1, -0.05) is 0 Å². The van der Waals surface area contributed by atoms with Crippen molar-refractivity contribution in [3.05, 3.63) is 12.0 Å². The van der Waals surface area contributed by atoms with Gasteiger partial charge in [-0.25, -0.2) is 14.4 Å². The fraction of sp³-hybridized carbons (Fsp3) is 0.615. The first-order chi connectivity index (χ1) is 10.9. The maximum Gasteiger partial charge on any atom is 0.198 e. The number of Topliss-reactive ketones (excluding diaryl/α,β-unsaturated/α-hetero) is 1. The van der Waals surface area contributed by atoms with Crippen molar-refractivity contribution >= 4 is 17.9 Å². The monoisotopic (exact) mass is 329 g/mol. The van der Waals surface area contributed by atoms with Crippen molar-refractivity contribution < 1.29 is 24.1 Å². The molecule has 0 aromatic carbocycles. The van der Waals surface area contributed by atoms with Gasteiger partial charge in [-0.3, -0.25) is 9.36 Å². The molecule has 1 aliphatic rings. The highest BCUT2D eigenvalue weighted by molar-refractivity contribution is 5.99. The van der Waals surface area contributed by atoms with Gasteiger partial charge >= 0.3 is 0 Å². The first-order valence-electron chi connectivity index (χ1n) is 6.99. The predicted octanol–water partition coefficient (Wildman–Crippen LogP) is -1.17. The molecule has 0 unspecified atom stereocenters. The zero-order valence-electron chi connectivity index (χ0n) is 12.8. The molecule has 0 aliphatic carbocycles. The Bertz CT molecular complexity index is 591. The van der Waals surface area contributed by atoms with Gasteiger partial charge in [0.25, 0.3) is 0 Å². The molecule has 0 spiro atoms. The van der Waals surface area contributed by atoms with Crippen LogP contribution >= 0.6 is 0 Å². The van der Waals surface area contributed by atoms with Crippen LogP contribution in [0, 0.1) is 0 Å². The fourth-order valence-corrected chi connectivity index (χ4v) is 2.21. The lowest BCUT2D eigenvalue weighted by molar-refractivity contribution is -0.0466. The summed E-state index contributed by atoms with van der Waals surface area (Å²) in [5.41, 5.74) is 5.33. The zero-order valence-corrected chi connectivity index (χ0v) is 12.8. The van der Waals surface area contributed by atoms with E-state index in [0.29, 0.717) is 0 Å². The SMILES string of the molecule is CN(C)C=Nc1c(C(=O)CN)ncn1[C@@H]1O[C@H](CO)[C@@H](O)[C@H]1F. The molecule has 9 nitrogen and oxygen atoms in total. The lowest BCUT2D eigenvalue weighted by Gasteiger charge is -2.16. The van der Waals surface area contributed by atoms with Gasteiger partial charge in [-0.05, 0) is 0 Å². The summed E-state index contributed by atoms with van der Waals surface area (Å²) in [6.45, 7) is -0.800. The second kappa shape index (κ2) is 7.13. The summed E-state index contributed by atoms with van der Waals surface area (Å²) in [5.74, 6) is -0.380. The minimum absolute atomic E-state index is 0.0108. The van der Waals surface area contributed by atoms with Gasteiger partial charge in [0.2, 0.25) is 0 Å². The number of nitrogens with two attached hydrogens (primary N) is 1. The second-order valence-electron chi connectivity index (χ2n) is 5.34. The Kier molecular flexibility index (Phi) is 5.42. The Labute approximate surface area is 132 Å². The van der Waals surface area contributed by atoms with E-state index in [-0.39, 0.29) is 18.1 Å². The molecule has 1 aromatic heterocycles. The molecule has 128 valence electrons. The molecule has 10 heteroatoms. The molecule has 4 N–H and O–H groups in total. The summed E-state index contributed by atoms with van der Waals surface area (Å²) >= 11 is 0. The lowest BCUT2D eigenvalue weighted by Crippen LogP contribution is -2.30.